The number of aliphatic carboxylic acids is 1. The van der Waals surface area contributed by atoms with Gasteiger partial charge in [0.1, 0.15) is 18.1 Å². The van der Waals surface area contributed by atoms with E-state index in [2.05, 4.69) is 16.0 Å². The molecule has 0 spiro atoms. The molecular formula is C25H32N4O5S. The van der Waals surface area contributed by atoms with Crippen molar-refractivity contribution in [2.75, 3.05) is 18.6 Å². The number of carbonyl (C=O) groups is 4. The summed E-state index contributed by atoms with van der Waals surface area (Å²) in [7, 11) is 0. The van der Waals surface area contributed by atoms with Crippen LogP contribution in [0, 0.1) is 0 Å². The maximum Gasteiger partial charge on any atom is 0.326 e. The Morgan fingerprint density at radius 3 is 1.77 bits per heavy atom. The molecule has 3 amide bonds. The Kier molecular flexibility index (Phi) is 11.8. The van der Waals surface area contributed by atoms with Crippen LogP contribution in [0.15, 0.2) is 60.7 Å². The molecule has 35 heavy (non-hydrogen) atoms. The first kappa shape index (κ1) is 27.9. The average Bonchev–Trinajstić information content (AvgIpc) is 2.86. The second-order valence-electron chi connectivity index (χ2n) is 7.95. The van der Waals surface area contributed by atoms with Crippen LogP contribution in [0.1, 0.15) is 17.5 Å². The van der Waals surface area contributed by atoms with Gasteiger partial charge in [-0.1, -0.05) is 60.7 Å². The Bertz CT molecular complexity index is 974. The lowest BCUT2D eigenvalue weighted by molar-refractivity contribution is -0.142. The second kappa shape index (κ2) is 14.8. The molecule has 0 aliphatic heterocycles. The predicted molar refractivity (Wildman–Crippen MR) is 136 cm³/mol. The number of carboxylic acid groups (broad SMARTS) is 1. The molecule has 0 aliphatic carbocycles. The zero-order valence-electron chi connectivity index (χ0n) is 19.6. The van der Waals surface area contributed by atoms with E-state index in [1.807, 2.05) is 42.7 Å². The highest BCUT2D eigenvalue weighted by Crippen LogP contribution is 2.08. The monoisotopic (exact) mass is 500 g/mol. The van der Waals surface area contributed by atoms with Crippen LogP contribution in [0.4, 0.5) is 0 Å². The van der Waals surface area contributed by atoms with Crippen molar-refractivity contribution in [2.24, 2.45) is 5.73 Å². The van der Waals surface area contributed by atoms with E-state index in [1.165, 1.54) is 11.8 Å². The molecule has 0 heterocycles. The number of carboxylic acids is 1. The van der Waals surface area contributed by atoms with E-state index >= 15 is 0 Å². The van der Waals surface area contributed by atoms with Crippen molar-refractivity contribution in [1.29, 1.82) is 0 Å². The number of amides is 3. The fourth-order valence-corrected chi connectivity index (χ4v) is 3.88. The molecule has 0 radical (unpaired) electrons. The Labute approximate surface area is 209 Å². The SMILES string of the molecule is CSCCC(NC(=O)C(Cc1ccccc1)NC(=O)CN)C(=O)NC(Cc1ccccc1)C(=O)O. The van der Waals surface area contributed by atoms with Crippen LogP contribution >= 0.6 is 11.8 Å². The molecule has 6 N–H and O–H groups in total. The quantitative estimate of drug-likeness (QED) is 0.256. The van der Waals surface area contributed by atoms with Gasteiger partial charge in [0.05, 0.1) is 6.54 Å². The molecule has 2 aromatic rings. The molecule has 9 nitrogen and oxygen atoms in total. The predicted octanol–water partition coefficient (Wildman–Crippen LogP) is 0.723. The molecule has 0 saturated heterocycles. The maximum absolute atomic E-state index is 13.1. The van der Waals surface area contributed by atoms with Crippen molar-refractivity contribution in [3.05, 3.63) is 71.8 Å². The number of hydrogen-bond donors (Lipinski definition) is 5. The summed E-state index contributed by atoms with van der Waals surface area (Å²) in [6.45, 7) is -0.283. The third kappa shape index (κ3) is 9.79. The van der Waals surface area contributed by atoms with Crippen LogP contribution < -0.4 is 21.7 Å². The first-order valence-corrected chi connectivity index (χ1v) is 12.6. The standard InChI is InChI=1S/C25H32N4O5S/c1-35-13-12-19(23(31)29-21(25(33)34)15-18-10-6-3-7-11-18)28-24(32)20(27-22(30)16-26)14-17-8-4-2-5-9-17/h2-11,19-21H,12-16,26H2,1H3,(H,27,30)(H,28,32)(H,29,31)(H,33,34). The Hall–Kier alpha value is -3.37. The number of thioether (sulfide) groups is 1. The summed E-state index contributed by atoms with van der Waals surface area (Å²) in [5.41, 5.74) is 6.99. The van der Waals surface area contributed by atoms with E-state index in [4.69, 9.17) is 5.73 Å². The minimum absolute atomic E-state index is 0.105. The van der Waals surface area contributed by atoms with Gasteiger partial charge in [-0.15, -0.1) is 0 Å². The van der Waals surface area contributed by atoms with Crippen molar-refractivity contribution in [3.63, 3.8) is 0 Å². The van der Waals surface area contributed by atoms with Gasteiger partial charge >= 0.3 is 5.97 Å². The van der Waals surface area contributed by atoms with Crippen molar-refractivity contribution < 1.29 is 24.3 Å². The van der Waals surface area contributed by atoms with Gasteiger partial charge in [-0.25, -0.2) is 4.79 Å². The third-order valence-corrected chi connectivity index (χ3v) is 5.90. The van der Waals surface area contributed by atoms with Gasteiger partial charge in [0.25, 0.3) is 0 Å². The van der Waals surface area contributed by atoms with Gasteiger partial charge in [0.15, 0.2) is 0 Å². The van der Waals surface area contributed by atoms with E-state index in [0.29, 0.717) is 12.2 Å². The van der Waals surface area contributed by atoms with Crippen molar-refractivity contribution >= 4 is 35.5 Å². The van der Waals surface area contributed by atoms with E-state index < -0.39 is 41.8 Å². The lowest BCUT2D eigenvalue weighted by Crippen LogP contribution is -2.57. The molecule has 2 aromatic carbocycles. The fraction of sp³-hybridized carbons (Fsp3) is 0.360. The number of hydrogen-bond acceptors (Lipinski definition) is 6. The first-order valence-electron chi connectivity index (χ1n) is 11.2. The average molecular weight is 501 g/mol. The van der Waals surface area contributed by atoms with E-state index in [1.54, 1.807) is 24.3 Å². The number of benzene rings is 2. The summed E-state index contributed by atoms with van der Waals surface area (Å²) in [4.78, 5) is 49.9. The second-order valence-corrected chi connectivity index (χ2v) is 8.93. The molecule has 3 unspecified atom stereocenters. The topological polar surface area (TPSA) is 151 Å². The van der Waals surface area contributed by atoms with Crippen LogP contribution in [0.3, 0.4) is 0 Å². The number of nitrogens with two attached hydrogens (primary N) is 1. The van der Waals surface area contributed by atoms with E-state index in [0.717, 1.165) is 11.1 Å². The highest BCUT2D eigenvalue weighted by molar-refractivity contribution is 7.98. The molecule has 10 heteroatoms. The van der Waals surface area contributed by atoms with Gasteiger partial charge in [-0.05, 0) is 29.6 Å². The van der Waals surface area contributed by atoms with Gasteiger partial charge < -0.3 is 26.8 Å². The van der Waals surface area contributed by atoms with Gasteiger partial charge in [-0.3, -0.25) is 14.4 Å². The van der Waals surface area contributed by atoms with Crippen LogP contribution in [-0.4, -0.2) is 65.5 Å². The molecule has 2 rings (SSSR count). The molecule has 0 aliphatic rings. The van der Waals surface area contributed by atoms with E-state index in [9.17, 15) is 24.3 Å². The summed E-state index contributed by atoms with van der Waals surface area (Å²) < 4.78 is 0. The molecular weight excluding hydrogens is 468 g/mol. The molecule has 0 saturated carbocycles. The zero-order chi connectivity index (χ0) is 25.6. The van der Waals surface area contributed by atoms with Crippen molar-refractivity contribution in [3.8, 4) is 0 Å². The van der Waals surface area contributed by atoms with Crippen molar-refractivity contribution in [1.82, 2.24) is 16.0 Å². The summed E-state index contributed by atoms with van der Waals surface area (Å²) >= 11 is 1.49. The fourth-order valence-electron chi connectivity index (χ4n) is 3.41. The lowest BCUT2D eigenvalue weighted by atomic mass is 10.0. The smallest absolute Gasteiger partial charge is 0.326 e. The van der Waals surface area contributed by atoms with Crippen LogP contribution in [0.5, 0.6) is 0 Å². The first-order chi connectivity index (χ1) is 16.8. The summed E-state index contributed by atoms with van der Waals surface area (Å²) in [6.07, 6.45) is 2.47. The highest BCUT2D eigenvalue weighted by atomic mass is 32.2. The molecule has 0 aromatic heterocycles. The third-order valence-electron chi connectivity index (χ3n) is 5.26. The van der Waals surface area contributed by atoms with Gasteiger partial charge in [0.2, 0.25) is 17.7 Å². The highest BCUT2D eigenvalue weighted by Gasteiger charge is 2.29. The summed E-state index contributed by atoms with van der Waals surface area (Å²) in [5, 5.41) is 17.5. The summed E-state index contributed by atoms with van der Waals surface area (Å²) in [5.74, 6) is -2.26. The van der Waals surface area contributed by atoms with Crippen molar-refractivity contribution in [2.45, 2.75) is 37.4 Å². The Balaban J connectivity index is 2.14. The van der Waals surface area contributed by atoms with E-state index in [-0.39, 0.29) is 19.4 Å². The molecule has 3 atom stereocenters. The maximum atomic E-state index is 13.1. The van der Waals surface area contributed by atoms with Crippen LogP contribution in [0.25, 0.3) is 0 Å². The lowest BCUT2D eigenvalue weighted by Gasteiger charge is -2.24. The minimum Gasteiger partial charge on any atom is -0.480 e. The number of rotatable bonds is 14. The van der Waals surface area contributed by atoms with Crippen LogP contribution in [0.2, 0.25) is 0 Å². The minimum atomic E-state index is -1.17. The molecule has 0 bridgehead atoms. The number of carbonyl (C=O) groups excluding carboxylic acids is 3. The largest absolute Gasteiger partial charge is 0.480 e. The Morgan fingerprint density at radius 2 is 1.29 bits per heavy atom. The summed E-state index contributed by atoms with van der Waals surface area (Å²) in [6, 6.07) is 15.0. The zero-order valence-corrected chi connectivity index (χ0v) is 20.4. The normalized spacial score (nSPS) is 13.2. The Morgan fingerprint density at radius 1 is 0.800 bits per heavy atom. The molecule has 0 fully saturated rings. The van der Waals surface area contributed by atoms with Gasteiger partial charge in [-0.2, -0.15) is 11.8 Å². The molecule has 188 valence electrons. The van der Waals surface area contributed by atoms with Crippen LogP contribution in [-0.2, 0) is 32.0 Å². The number of nitrogens with one attached hydrogen (secondary N) is 3. The van der Waals surface area contributed by atoms with Gasteiger partial charge in [0, 0.05) is 12.8 Å².